The highest BCUT2D eigenvalue weighted by atomic mass is 16.6. The van der Waals surface area contributed by atoms with Gasteiger partial charge in [0.05, 0.1) is 12.9 Å². The minimum atomic E-state index is -1.19. The van der Waals surface area contributed by atoms with Crippen molar-refractivity contribution in [3.8, 4) is 0 Å². The van der Waals surface area contributed by atoms with Gasteiger partial charge in [0, 0.05) is 0 Å². The van der Waals surface area contributed by atoms with E-state index in [1.165, 1.54) is 10.9 Å². The van der Waals surface area contributed by atoms with Crippen molar-refractivity contribution in [2.45, 2.75) is 31.5 Å². The number of ether oxygens (including phenoxy) is 1. The maximum absolute atomic E-state index is 10.0. The van der Waals surface area contributed by atoms with Crippen molar-refractivity contribution in [1.82, 2.24) is 19.5 Å². The zero-order valence-electron chi connectivity index (χ0n) is 10.7. The Bertz CT molecular complexity index is 645. The highest BCUT2D eigenvalue weighted by Gasteiger charge is 2.44. The van der Waals surface area contributed by atoms with Gasteiger partial charge in [0.25, 0.3) is 0 Å². The van der Waals surface area contributed by atoms with E-state index in [1.807, 2.05) is 0 Å². The van der Waals surface area contributed by atoms with Gasteiger partial charge < -0.3 is 25.8 Å². The van der Waals surface area contributed by atoms with Crippen LogP contribution in [0.2, 0.25) is 0 Å². The molecule has 20 heavy (non-hydrogen) atoms. The predicted octanol–water partition coefficient (Wildman–Crippen LogP) is -1.67. The van der Waals surface area contributed by atoms with Gasteiger partial charge in [-0.2, -0.15) is 0 Å². The predicted molar refractivity (Wildman–Crippen MR) is 67.5 cm³/mol. The molecule has 9 heteroatoms. The highest BCUT2D eigenvalue weighted by Crippen LogP contribution is 2.31. The van der Waals surface area contributed by atoms with Crippen LogP contribution in [-0.2, 0) is 4.74 Å². The smallest absolute Gasteiger partial charge is 0.167 e. The number of imidazole rings is 1. The Morgan fingerprint density at radius 2 is 2.10 bits per heavy atom. The SMILES string of the molecule is Cc1nc(N)c2ncn(C3O[C@H](CO)C(O)[C@H]3O)c2n1. The van der Waals surface area contributed by atoms with Gasteiger partial charge >= 0.3 is 0 Å². The number of nitrogens with zero attached hydrogens (tertiary/aromatic N) is 4. The third kappa shape index (κ3) is 1.83. The summed E-state index contributed by atoms with van der Waals surface area (Å²) in [5.74, 6) is 0.696. The summed E-state index contributed by atoms with van der Waals surface area (Å²) in [5.41, 5.74) is 6.57. The van der Waals surface area contributed by atoms with Gasteiger partial charge in [-0.15, -0.1) is 0 Å². The average Bonchev–Trinajstić information content (AvgIpc) is 2.93. The summed E-state index contributed by atoms with van der Waals surface area (Å²) in [4.78, 5) is 12.3. The molecule has 9 nitrogen and oxygen atoms in total. The molecule has 1 fully saturated rings. The Hall–Kier alpha value is -1.81. The quantitative estimate of drug-likeness (QED) is 0.512. The molecule has 1 saturated heterocycles. The first-order valence-corrected chi connectivity index (χ1v) is 6.12. The van der Waals surface area contributed by atoms with Crippen molar-refractivity contribution in [1.29, 1.82) is 0 Å². The molecule has 2 unspecified atom stereocenters. The summed E-state index contributed by atoms with van der Waals surface area (Å²) < 4.78 is 6.92. The lowest BCUT2D eigenvalue weighted by atomic mass is 10.1. The molecule has 0 amide bonds. The molecule has 1 aliphatic heterocycles. The Labute approximate surface area is 113 Å². The fraction of sp³-hybridized carbons (Fsp3) is 0.545. The molecule has 2 aromatic rings. The number of aryl methyl sites for hydroxylation is 1. The summed E-state index contributed by atoms with van der Waals surface area (Å²) in [7, 11) is 0. The number of hydrogen-bond acceptors (Lipinski definition) is 8. The molecule has 5 N–H and O–H groups in total. The normalized spacial score (nSPS) is 30.2. The van der Waals surface area contributed by atoms with E-state index < -0.39 is 31.1 Å². The Kier molecular flexibility index (Phi) is 3.05. The number of nitrogen functional groups attached to an aromatic ring is 1. The van der Waals surface area contributed by atoms with E-state index in [0.29, 0.717) is 17.0 Å². The van der Waals surface area contributed by atoms with Gasteiger partial charge in [0.1, 0.15) is 29.7 Å². The molecule has 4 atom stereocenters. The van der Waals surface area contributed by atoms with Gasteiger partial charge in [-0.3, -0.25) is 4.57 Å². The number of nitrogens with two attached hydrogens (primary N) is 1. The number of rotatable bonds is 2. The standard InChI is InChI=1S/C11H15N5O4/c1-4-14-9(12)6-10(15-4)16(3-13-6)11-8(19)7(18)5(2-17)20-11/h3,5,7-8,11,17-19H,2H2,1H3,(H2,12,14,15)/t5-,7?,8-,11?/m1/s1. The number of anilines is 1. The molecule has 0 spiro atoms. The van der Waals surface area contributed by atoms with Crippen LogP contribution in [0.1, 0.15) is 12.1 Å². The minimum absolute atomic E-state index is 0.234. The molecular weight excluding hydrogens is 266 g/mol. The molecule has 3 heterocycles. The Morgan fingerprint density at radius 3 is 2.75 bits per heavy atom. The molecule has 0 radical (unpaired) electrons. The van der Waals surface area contributed by atoms with Gasteiger partial charge in [-0.05, 0) is 6.92 Å². The number of fused-ring (bicyclic) bond motifs is 1. The van der Waals surface area contributed by atoms with Crippen LogP contribution in [0.5, 0.6) is 0 Å². The van der Waals surface area contributed by atoms with Crippen LogP contribution < -0.4 is 5.73 Å². The molecule has 0 bridgehead atoms. The molecule has 3 rings (SSSR count). The Morgan fingerprint density at radius 1 is 1.35 bits per heavy atom. The van der Waals surface area contributed by atoms with Crippen LogP contribution in [0.15, 0.2) is 6.33 Å². The van der Waals surface area contributed by atoms with Crippen LogP contribution in [0.4, 0.5) is 5.82 Å². The first-order chi connectivity index (χ1) is 9.52. The second kappa shape index (κ2) is 4.63. The van der Waals surface area contributed by atoms with Crippen molar-refractivity contribution in [2.75, 3.05) is 12.3 Å². The van der Waals surface area contributed by atoms with Crippen LogP contribution in [0.3, 0.4) is 0 Å². The highest BCUT2D eigenvalue weighted by molar-refractivity contribution is 5.81. The monoisotopic (exact) mass is 281 g/mol. The molecule has 2 aromatic heterocycles. The maximum Gasteiger partial charge on any atom is 0.167 e. The fourth-order valence-corrected chi connectivity index (χ4v) is 2.35. The van der Waals surface area contributed by atoms with E-state index in [1.54, 1.807) is 6.92 Å². The van der Waals surface area contributed by atoms with Crippen molar-refractivity contribution in [3.05, 3.63) is 12.2 Å². The summed E-state index contributed by atoms with van der Waals surface area (Å²) >= 11 is 0. The number of aliphatic hydroxyl groups is 3. The number of aliphatic hydroxyl groups excluding tert-OH is 3. The van der Waals surface area contributed by atoms with E-state index in [0.717, 1.165) is 0 Å². The molecule has 0 saturated carbocycles. The van der Waals surface area contributed by atoms with Crippen molar-refractivity contribution in [3.63, 3.8) is 0 Å². The van der Waals surface area contributed by atoms with E-state index in [-0.39, 0.29) is 5.82 Å². The van der Waals surface area contributed by atoms with Gasteiger partial charge in [-0.1, -0.05) is 0 Å². The zero-order chi connectivity index (χ0) is 14.4. The van der Waals surface area contributed by atoms with Crippen LogP contribution in [-0.4, -0.2) is 59.8 Å². The van der Waals surface area contributed by atoms with Crippen LogP contribution >= 0.6 is 0 Å². The zero-order valence-corrected chi connectivity index (χ0v) is 10.7. The topological polar surface area (TPSA) is 140 Å². The largest absolute Gasteiger partial charge is 0.394 e. The lowest BCUT2D eigenvalue weighted by molar-refractivity contribution is -0.0511. The first-order valence-electron chi connectivity index (χ1n) is 6.12. The van der Waals surface area contributed by atoms with Gasteiger partial charge in [-0.25, -0.2) is 15.0 Å². The number of aromatic nitrogens is 4. The lowest BCUT2D eigenvalue weighted by Gasteiger charge is -2.16. The maximum atomic E-state index is 10.0. The van der Waals surface area contributed by atoms with E-state index in [2.05, 4.69) is 15.0 Å². The second-order valence-corrected chi connectivity index (χ2v) is 4.71. The molecule has 108 valence electrons. The van der Waals surface area contributed by atoms with Crippen LogP contribution in [0, 0.1) is 6.92 Å². The molecular formula is C11H15N5O4. The van der Waals surface area contributed by atoms with Crippen molar-refractivity contribution >= 4 is 17.0 Å². The first kappa shape index (κ1) is 13.2. The molecule has 0 aromatic carbocycles. The van der Waals surface area contributed by atoms with Crippen LogP contribution in [0.25, 0.3) is 11.2 Å². The van der Waals surface area contributed by atoms with Gasteiger partial charge in [0.2, 0.25) is 0 Å². The summed E-state index contributed by atoms with van der Waals surface area (Å²) in [5, 5.41) is 28.9. The van der Waals surface area contributed by atoms with E-state index in [4.69, 9.17) is 15.6 Å². The second-order valence-electron chi connectivity index (χ2n) is 4.71. The third-order valence-corrected chi connectivity index (χ3v) is 3.35. The van der Waals surface area contributed by atoms with Gasteiger partial charge in [0.15, 0.2) is 17.7 Å². The average molecular weight is 281 g/mol. The fourth-order valence-electron chi connectivity index (χ4n) is 2.35. The summed E-state index contributed by atoms with van der Waals surface area (Å²) in [6.07, 6.45) is -2.70. The number of hydrogen-bond donors (Lipinski definition) is 4. The van der Waals surface area contributed by atoms with Crippen molar-refractivity contribution < 1.29 is 20.1 Å². The molecule has 0 aliphatic carbocycles. The lowest BCUT2D eigenvalue weighted by Crippen LogP contribution is -2.33. The summed E-state index contributed by atoms with van der Waals surface area (Å²) in [6.45, 7) is 1.29. The van der Waals surface area contributed by atoms with Crippen molar-refractivity contribution in [2.24, 2.45) is 0 Å². The molecule has 1 aliphatic rings. The Balaban J connectivity index is 2.07. The van der Waals surface area contributed by atoms with E-state index >= 15 is 0 Å². The third-order valence-electron chi connectivity index (χ3n) is 3.35. The summed E-state index contributed by atoms with van der Waals surface area (Å²) in [6, 6.07) is 0. The van der Waals surface area contributed by atoms with E-state index in [9.17, 15) is 10.2 Å². The minimum Gasteiger partial charge on any atom is -0.394 e.